The highest BCUT2D eigenvalue weighted by atomic mass is 16.5. The number of hydrogen-bond donors (Lipinski definition) is 1. The lowest BCUT2D eigenvalue weighted by atomic mass is 10.1. The van der Waals surface area contributed by atoms with Crippen molar-refractivity contribution in [1.29, 1.82) is 0 Å². The lowest BCUT2D eigenvalue weighted by Gasteiger charge is -2.15. The van der Waals surface area contributed by atoms with Gasteiger partial charge < -0.3 is 10.1 Å². The number of benzene rings is 1. The minimum Gasteiger partial charge on any atom is -0.375 e. The summed E-state index contributed by atoms with van der Waals surface area (Å²) in [6.45, 7) is 10.3. The van der Waals surface area contributed by atoms with Gasteiger partial charge in [-0.3, -0.25) is 0 Å². The highest BCUT2D eigenvalue weighted by Gasteiger charge is 2.19. The van der Waals surface area contributed by atoms with Gasteiger partial charge in [-0.25, -0.2) is 4.68 Å². The lowest BCUT2D eigenvalue weighted by Crippen LogP contribution is -2.28. The van der Waals surface area contributed by atoms with Crippen molar-refractivity contribution in [3.05, 3.63) is 46.3 Å². The van der Waals surface area contributed by atoms with Gasteiger partial charge in [0, 0.05) is 25.6 Å². The highest BCUT2D eigenvalue weighted by molar-refractivity contribution is 5.28. The van der Waals surface area contributed by atoms with E-state index in [1.54, 1.807) is 0 Å². The zero-order valence-corrected chi connectivity index (χ0v) is 13.6. The zero-order valence-electron chi connectivity index (χ0n) is 13.6. The van der Waals surface area contributed by atoms with Crippen molar-refractivity contribution in [1.82, 2.24) is 20.3 Å². The first-order chi connectivity index (χ1) is 10.6. The Labute approximate surface area is 131 Å². The maximum absolute atomic E-state index is 5.77. The normalized spacial score (nSPS) is 18.0. The Morgan fingerprint density at radius 1 is 1.23 bits per heavy atom. The van der Waals surface area contributed by atoms with Crippen LogP contribution in [-0.4, -0.2) is 28.1 Å². The van der Waals surface area contributed by atoms with Crippen LogP contribution in [0.15, 0.2) is 18.2 Å². The van der Waals surface area contributed by atoms with Crippen molar-refractivity contribution in [2.45, 2.75) is 40.5 Å². The van der Waals surface area contributed by atoms with Crippen molar-refractivity contribution in [3.63, 3.8) is 0 Å². The third-order valence-corrected chi connectivity index (χ3v) is 4.10. The van der Waals surface area contributed by atoms with Gasteiger partial charge in [0.25, 0.3) is 0 Å². The molecule has 118 valence electrons. The molecule has 1 aromatic carbocycles. The number of fused-ring (bicyclic) bond motifs is 1. The van der Waals surface area contributed by atoms with E-state index in [4.69, 9.17) is 4.74 Å². The molecule has 2 heterocycles. The second-order valence-corrected chi connectivity index (χ2v) is 6.31. The van der Waals surface area contributed by atoms with E-state index in [0.717, 1.165) is 37.6 Å². The summed E-state index contributed by atoms with van der Waals surface area (Å²) in [5, 5.41) is 11.9. The Morgan fingerprint density at radius 3 is 2.77 bits per heavy atom. The quantitative estimate of drug-likeness (QED) is 0.940. The fraction of sp³-hybridized carbons (Fsp3) is 0.529. The monoisotopic (exact) mass is 300 g/mol. The van der Waals surface area contributed by atoms with Crippen LogP contribution >= 0.6 is 0 Å². The Bertz CT molecular complexity index is 630. The number of aryl methyl sites for hydroxylation is 3. The molecule has 3 rings (SSSR count). The molecule has 0 amide bonds. The predicted molar refractivity (Wildman–Crippen MR) is 85.5 cm³/mol. The SMILES string of the molecule is Cc1cc(C)cc(CNCC2COCc3c(C)nnn3C2)c1. The molecule has 0 spiro atoms. The van der Waals surface area contributed by atoms with Crippen LogP contribution < -0.4 is 5.32 Å². The van der Waals surface area contributed by atoms with E-state index >= 15 is 0 Å². The van der Waals surface area contributed by atoms with E-state index in [1.165, 1.54) is 16.7 Å². The van der Waals surface area contributed by atoms with Crippen LogP contribution in [-0.2, 0) is 24.4 Å². The summed E-state index contributed by atoms with van der Waals surface area (Å²) >= 11 is 0. The molecule has 0 radical (unpaired) electrons. The van der Waals surface area contributed by atoms with Gasteiger partial charge in [0.2, 0.25) is 0 Å². The summed E-state index contributed by atoms with van der Waals surface area (Å²) in [6, 6.07) is 6.68. The Morgan fingerprint density at radius 2 is 2.00 bits per heavy atom. The number of hydrogen-bond acceptors (Lipinski definition) is 4. The standard InChI is InChI=1S/C17H24N4O/c1-12-4-13(2)6-15(5-12)7-18-8-16-9-21-17(11-22-10-16)14(3)19-20-21/h4-6,16,18H,7-11H2,1-3H3. The molecule has 0 aliphatic carbocycles. The number of nitrogens with one attached hydrogen (secondary N) is 1. The third-order valence-electron chi connectivity index (χ3n) is 4.10. The van der Waals surface area contributed by atoms with Crippen molar-refractivity contribution in [2.75, 3.05) is 13.2 Å². The summed E-state index contributed by atoms with van der Waals surface area (Å²) in [5.41, 5.74) is 6.06. The second kappa shape index (κ2) is 6.58. The summed E-state index contributed by atoms with van der Waals surface area (Å²) < 4.78 is 7.76. The smallest absolute Gasteiger partial charge is 0.0904 e. The van der Waals surface area contributed by atoms with E-state index in [0.29, 0.717) is 12.5 Å². The van der Waals surface area contributed by atoms with Gasteiger partial charge >= 0.3 is 0 Å². The van der Waals surface area contributed by atoms with Gasteiger partial charge in [0.05, 0.1) is 24.6 Å². The summed E-state index contributed by atoms with van der Waals surface area (Å²) in [7, 11) is 0. The minimum absolute atomic E-state index is 0.424. The molecule has 1 atom stereocenters. The first-order valence-electron chi connectivity index (χ1n) is 7.86. The Hall–Kier alpha value is -1.72. The molecule has 1 aliphatic rings. The van der Waals surface area contributed by atoms with Gasteiger partial charge in [-0.15, -0.1) is 5.10 Å². The molecule has 2 aromatic rings. The molecule has 0 saturated heterocycles. The van der Waals surface area contributed by atoms with Crippen molar-refractivity contribution in [3.8, 4) is 0 Å². The molecule has 1 aromatic heterocycles. The van der Waals surface area contributed by atoms with E-state index in [9.17, 15) is 0 Å². The molecular formula is C17H24N4O. The minimum atomic E-state index is 0.424. The predicted octanol–water partition coefficient (Wildman–Crippen LogP) is 2.14. The molecular weight excluding hydrogens is 276 g/mol. The molecule has 1 N–H and O–H groups in total. The van der Waals surface area contributed by atoms with Crippen LogP contribution in [0.1, 0.15) is 28.1 Å². The van der Waals surface area contributed by atoms with E-state index in [1.807, 2.05) is 11.6 Å². The Balaban J connectivity index is 1.55. The fourth-order valence-corrected chi connectivity index (χ4v) is 3.08. The van der Waals surface area contributed by atoms with Gasteiger partial charge in [-0.1, -0.05) is 34.5 Å². The molecule has 1 aliphatic heterocycles. The maximum atomic E-state index is 5.77. The highest BCUT2D eigenvalue weighted by Crippen LogP contribution is 2.15. The average molecular weight is 300 g/mol. The lowest BCUT2D eigenvalue weighted by molar-refractivity contribution is 0.0936. The van der Waals surface area contributed by atoms with Crippen LogP contribution in [0.25, 0.3) is 0 Å². The maximum Gasteiger partial charge on any atom is 0.0904 e. The van der Waals surface area contributed by atoms with Gasteiger partial charge in [-0.05, 0) is 26.3 Å². The Kier molecular flexibility index (Phi) is 4.55. The van der Waals surface area contributed by atoms with Gasteiger partial charge in [-0.2, -0.15) is 0 Å². The van der Waals surface area contributed by atoms with Crippen molar-refractivity contribution < 1.29 is 4.74 Å². The molecule has 5 nitrogen and oxygen atoms in total. The van der Waals surface area contributed by atoms with Crippen molar-refractivity contribution in [2.24, 2.45) is 5.92 Å². The largest absolute Gasteiger partial charge is 0.375 e. The third kappa shape index (κ3) is 3.54. The zero-order chi connectivity index (χ0) is 15.5. The van der Waals surface area contributed by atoms with Crippen LogP contribution in [0.5, 0.6) is 0 Å². The summed E-state index contributed by atoms with van der Waals surface area (Å²) in [5.74, 6) is 0.424. The van der Waals surface area contributed by atoms with Crippen LogP contribution in [0.3, 0.4) is 0 Å². The number of ether oxygens (including phenoxy) is 1. The number of nitrogens with zero attached hydrogens (tertiary/aromatic N) is 3. The summed E-state index contributed by atoms with van der Waals surface area (Å²) in [4.78, 5) is 0. The van der Waals surface area contributed by atoms with Crippen LogP contribution in [0, 0.1) is 26.7 Å². The van der Waals surface area contributed by atoms with E-state index in [2.05, 4.69) is 47.7 Å². The fourth-order valence-electron chi connectivity index (χ4n) is 3.08. The molecule has 0 saturated carbocycles. The van der Waals surface area contributed by atoms with Gasteiger partial charge in [0.15, 0.2) is 0 Å². The molecule has 0 bridgehead atoms. The van der Waals surface area contributed by atoms with E-state index < -0.39 is 0 Å². The molecule has 0 fully saturated rings. The van der Waals surface area contributed by atoms with E-state index in [-0.39, 0.29) is 0 Å². The summed E-state index contributed by atoms with van der Waals surface area (Å²) in [6.07, 6.45) is 0. The molecule has 22 heavy (non-hydrogen) atoms. The van der Waals surface area contributed by atoms with Gasteiger partial charge in [0.1, 0.15) is 0 Å². The average Bonchev–Trinajstić information content (AvgIpc) is 2.69. The molecule has 1 unspecified atom stereocenters. The first-order valence-corrected chi connectivity index (χ1v) is 7.86. The van der Waals surface area contributed by atoms with Crippen molar-refractivity contribution >= 4 is 0 Å². The van der Waals surface area contributed by atoms with Crippen LogP contribution in [0.2, 0.25) is 0 Å². The second-order valence-electron chi connectivity index (χ2n) is 6.31. The van der Waals surface area contributed by atoms with Crippen LogP contribution in [0.4, 0.5) is 0 Å². The topological polar surface area (TPSA) is 52.0 Å². The first kappa shape index (κ1) is 15.2. The number of aromatic nitrogens is 3. The number of rotatable bonds is 4. The molecule has 5 heteroatoms.